The van der Waals surface area contributed by atoms with Gasteiger partial charge in [0.25, 0.3) is 5.91 Å². The van der Waals surface area contributed by atoms with Crippen molar-refractivity contribution in [3.8, 4) is 5.75 Å². The van der Waals surface area contributed by atoms with Crippen molar-refractivity contribution >= 4 is 29.2 Å². The Morgan fingerprint density at radius 2 is 1.86 bits per heavy atom. The molecule has 0 aliphatic carbocycles. The van der Waals surface area contributed by atoms with Crippen molar-refractivity contribution in [1.82, 2.24) is 10.2 Å². The fraction of sp³-hybridized carbons (Fsp3) is 0.423. The van der Waals surface area contributed by atoms with Crippen LogP contribution >= 0.6 is 0 Å². The summed E-state index contributed by atoms with van der Waals surface area (Å²) in [4.78, 5) is 39.5. The molecule has 2 aliphatic heterocycles. The summed E-state index contributed by atoms with van der Waals surface area (Å²) in [7, 11) is 1.76. The zero-order valence-electron chi connectivity index (χ0n) is 20.3. The molecule has 0 unspecified atom stereocenters. The minimum absolute atomic E-state index is 0.0380. The molecule has 0 bridgehead atoms. The molecule has 0 radical (unpaired) electrons. The lowest BCUT2D eigenvalue weighted by Gasteiger charge is -2.42. The van der Waals surface area contributed by atoms with E-state index in [1.807, 2.05) is 38.1 Å². The number of hydrogen-bond donors (Lipinski definition) is 3. The van der Waals surface area contributed by atoms with Crippen LogP contribution in [-0.4, -0.2) is 61.2 Å². The highest BCUT2D eigenvalue weighted by Crippen LogP contribution is 2.32. The van der Waals surface area contributed by atoms with Crippen LogP contribution in [0.2, 0.25) is 0 Å². The molecular weight excluding hydrogens is 448 g/mol. The molecule has 2 heterocycles. The largest absolute Gasteiger partial charge is 0.490 e. The maximum Gasteiger partial charge on any atom is 0.323 e. The Labute approximate surface area is 205 Å². The molecule has 0 aromatic heterocycles. The molecule has 9 heteroatoms. The van der Waals surface area contributed by atoms with E-state index in [9.17, 15) is 14.4 Å². The van der Waals surface area contributed by atoms with Gasteiger partial charge in [-0.3, -0.25) is 9.59 Å². The Morgan fingerprint density at radius 3 is 2.60 bits per heavy atom. The van der Waals surface area contributed by atoms with E-state index in [2.05, 4.69) is 16.0 Å². The number of hydrogen-bond acceptors (Lipinski definition) is 5. The molecule has 4 amide bonds. The fourth-order valence-corrected chi connectivity index (χ4v) is 4.60. The number of benzene rings is 2. The van der Waals surface area contributed by atoms with E-state index < -0.39 is 6.03 Å². The van der Waals surface area contributed by atoms with Gasteiger partial charge >= 0.3 is 6.03 Å². The number of anilines is 2. The van der Waals surface area contributed by atoms with Gasteiger partial charge in [0.2, 0.25) is 5.91 Å². The molecule has 1 fully saturated rings. The van der Waals surface area contributed by atoms with Gasteiger partial charge in [-0.05, 0) is 62.6 Å². The van der Waals surface area contributed by atoms with Crippen LogP contribution in [0.25, 0.3) is 0 Å². The topological polar surface area (TPSA) is 109 Å². The number of aryl methyl sites for hydroxylation is 1. The lowest BCUT2D eigenvalue weighted by molar-refractivity contribution is -0.133. The summed E-state index contributed by atoms with van der Waals surface area (Å²) in [6, 6.07) is 11.9. The SMILES string of the molecule is CCNC(=O)C[C@H]1CC[C@H]2[C@H](COc3ccc(NC(=O)Nc4cccc(C)c4)cc3C(=O)N2C)O1. The van der Waals surface area contributed by atoms with Crippen LogP contribution in [0.5, 0.6) is 5.75 Å². The molecule has 3 atom stereocenters. The van der Waals surface area contributed by atoms with E-state index in [1.54, 1.807) is 30.1 Å². The van der Waals surface area contributed by atoms with Crippen molar-refractivity contribution in [3.05, 3.63) is 53.6 Å². The van der Waals surface area contributed by atoms with Gasteiger partial charge in [0.1, 0.15) is 18.5 Å². The molecule has 2 aromatic carbocycles. The van der Waals surface area contributed by atoms with Crippen LogP contribution in [0.3, 0.4) is 0 Å². The maximum absolute atomic E-state index is 13.4. The fourth-order valence-electron chi connectivity index (χ4n) is 4.60. The van der Waals surface area contributed by atoms with Gasteiger partial charge in [-0.2, -0.15) is 0 Å². The summed E-state index contributed by atoms with van der Waals surface area (Å²) in [6.07, 6.45) is 1.16. The van der Waals surface area contributed by atoms with Crippen LogP contribution in [0.1, 0.15) is 42.1 Å². The van der Waals surface area contributed by atoms with Gasteiger partial charge in [-0.1, -0.05) is 12.1 Å². The van der Waals surface area contributed by atoms with Crippen molar-refractivity contribution in [1.29, 1.82) is 0 Å². The third-order valence-corrected chi connectivity index (χ3v) is 6.33. The second-order valence-electron chi connectivity index (χ2n) is 8.99. The summed E-state index contributed by atoms with van der Waals surface area (Å²) >= 11 is 0. The second kappa shape index (κ2) is 10.8. The highest BCUT2D eigenvalue weighted by atomic mass is 16.5. The number of carbonyl (C=O) groups excluding carboxylic acids is 3. The van der Waals surface area contributed by atoms with E-state index in [0.29, 0.717) is 48.5 Å². The van der Waals surface area contributed by atoms with E-state index >= 15 is 0 Å². The van der Waals surface area contributed by atoms with E-state index in [0.717, 1.165) is 5.56 Å². The number of carbonyl (C=O) groups is 3. The highest BCUT2D eigenvalue weighted by molar-refractivity contribution is 6.02. The number of fused-ring (bicyclic) bond motifs is 2. The zero-order valence-corrected chi connectivity index (χ0v) is 20.3. The number of ether oxygens (including phenoxy) is 2. The van der Waals surface area contributed by atoms with Crippen LogP contribution in [0.4, 0.5) is 16.2 Å². The number of likely N-dealkylation sites (N-methyl/N-ethyl adjacent to an activating group) is 1. The molecule has 4 rings (SSSR count). The van der Waals surface area contributed by atoms with Crippen LogP contribution in [-0.2, 0) is 9.53 Å². The van der Waals surface area contributed by atoms with Gasteiger partial charge in [-0.15, -0.1) is 0 Å². The summed E-state index contributed by atoms with van der Waals surface area (Å²) in [5.74, 6) is 0.187. The summed E-state index contributed by atoms with van der Waals surface area (Å²) < 4.78 is 12.2. The smallest absolute Gasteiger partial charge is 0.323 e. The Hall–Kier alpha value is -3.59. The zero-order chi connectivity index (χ0) is 24.9. The molecule has 2 aliphatic rings. The van der Waals surface area contributed by atoms with Gasteiger partial charge in [-0.25, -0.2) is 4.79 Å². The third-order valence-electron chi connectivity index (χ3n) is 6.33. The lowest BCUT2D eigenvalue weighted by atomic mass is 9.94. The molecule has 0 spiro atoms. The van der Waals surface area contributed by atoms with Gasteiger partial charge in [0.05, 0.1) is 24.1 Å². The summed E-state index contributed by atoms with van der Waals surface area (Å²) in [5.41, 5.74) is 2.58. The quantitative estimate of drug-likeness (QED) is 0.607. The first-order chi connectivity index (χ1) is 16.8. The number of urea groups is 1. The maximum atomic E-state index is 13.4. The molecule has 1 saturated heterocycles. The van der Waals surface area contributed by atoms with E-state index in [4.69, 9.17) is 9.47 Å². The number of nitrogens with one attached hydrogen (secondary N) is 3. The first kappa shape index (κ1) is 24.5. The van der Waals surface area contributed by atoms with Crippen molar-refractivity contribution in [2.45, 2.75) is 51.4 Å². The molecule has 0 saturated carbocycles. The Balaban J connectivity index is 1.45. The van der Waals surface area contributed by atoms with Gasteiger partial charge in [0.15, 0.2) is 0 Å². The molecule has 186 valence electrons. The van der Waals surface area contributed by atoms with Crippen molar-refractivity contribution < 1.29 is 23.9 Å². The van der Waals surface area contributed by atoms with Crippen LogP contribution < -0.4 is 20.7 Å². The average molecular weight is 481 g/mol. The lowest BCUT2D eigenvalue weighted by Crippen LogP contribution is -2.54. The van der Waals surface area contributed by atoms with Crippen molar-refractivity contribution in [2.75, 3.05) is 30.8 Å². The van der Waals surface area contributed by atoms with Gasteiger partial charge < -0.3 is 30.3 Å². The Kier molecular flexibility index (Phi) is 7.55. The Bertz CT molecular complexity index is 1100. The number of amides is 4. The standard InChI is InChI=1S/C26H32N4O5/c1-4-27-24(31)14-19-9-10-21-23(35-19)15-34-22-11-8-18(13-20(22)25(32)30(21)3)29-26(33)28-17-7-5-6-16(2)12-17/h5-8,11-13,19,21,23H,4,9-10,14-15H2,1-3H3,(H,27,31)(H2,28,29,33)/t19-,21+,23+/m1/s1. The normalized spacial score (nSPS) is 21.5. The number of rotatable bonds is 5. The van der Waals surface area contributed by atoms with E-state index in [-0.39, 0.29) is 36.7 Å². The Morgan fingerprint density at radius 1 is 1.09 bits per heavy atom. The second-order valence-corrected chi connectivity index (χ2v) is 8.99. The predicted molar refractivity (Wildman–Crippen MR) is 133 cm³/mol. The molecule has 3 N–H and O–H groups in total. The summed E-state index contributed by atoms with van der Waals surface area (Å²) in [6.45, 7) is 4.68. The van der Waals surface area contributed by atoms with Gasteiger partial charge in [0, 0.05) is 25.0 Å². The van der Waals surface area contributed by atoms with Crippen LogP contribution in [0, 0.1) is 6.92 Å². The third kappa shape index (κ3) is 5.92. The van der Waals surface area contributed by atoms with Crippen molar-refractivity contribution in [2.24, 2.45) is 0 Å². The first-order valence-electron chi connectivity index (χ1n) is 11.9. The minimum Gasteiger partial charge on any atom is -0.490 e. The predicted octanol–water partition coefficient (Wildman–Crippen LogP) is 3.55. The summed E-state index contributed by atoms with van der Waals surface area (Å²) in [5, 5.41) is 8.38. The average Bonchev–Trinajstić information content (AvgIpc) is 2.82. The molecule has 9 nitrogen and oxygen atoms in total. The van der Waals surface area contributed by atoms with Crippen LogP contribution in [0.15, 0.2) is 42.5 Å². The minimum atomic E-state index is -0.401. The highest BCUT2D eigenvalue weighted by Gasteiger charge is 2.39. The van der Waals surface area contributed by atoms with E-state index in [1.165, 1.54) is 0 Å². The first-order valence-corrected chi connectivity index (χ1v) is 11.9. The molecule has 2 aromatic rings. The molecule has 35 heavy (non-hydrogen) atoms. The molecular formula is C26H32N4O5. The number of nitrogens with zero attached hydrogens (tertiary/aromatic N) is 1. The van der Waals surface area contributed by atoms with Crippen molar-refractivity contribution in [3.63, 3.8) is 0 Å². The monoisotopic (exact) mass is 480 g/mol.